The largest absolute Gasteiger partial charge is 0.496 e. The molecule has 0 atom stereocenters. The molecule has 0 saturated carbocycles. The molecule has 0 spiro atoms. The summed E-state index contributed by atoms with van der Waals surface area (Å²) in [4.78, 5) is 0. The van der Waals surface area contributed by atoms with Crippen LogP contribution in [0.25, 0.3) is 11.3 Å². The van der Waals surface area contributed by atoms with Gasteiger partial charge in [-0.05, 0) is 46.3 Å². The maximum atomic E-state index is 5.47. The molecule has 0 bridgehead atoms. The Bertz CT molecular complexity index is 514. The molecule has 17 heavy (non-hydrogen) atoms. The van der Waals surface area contributed by atoms with Gasteiger partial charge in [-0.25, -0.2) is 0 Å². The van der Waals surface area contributed by atoms with Gasteiger partial charge >= 0.3 is 0 Å². The Labute approximate surface area is 108 Å². The Kier molecular flexibility index (Phi) is 3.71. The lowest BCUT2D eigenvalue weighted by Crippen LogP contribution is -2.01. The number of rotatable bonds is 3. The molecule has 0 amide bonds. The van der Waals surface area contributed by atoms with Crippen molar-refractivity contribution in [2.45, 2.75) is 6.54 Å². The van der Waals surface area contributed by atoms with Gasteiger partial charge in [-0.3, -0.25) is 0 Å². The molecule has 2 aromatic rings. The number of aromatic nitrogens is 2. The van der Waals surface area contributed by atoms with E-state index in [0.717, 1.165) is 27.2 Å². The summed E-state index contributed by atoms with van der Waals surface area (Å²) < 4.78 is 6.06. The molecule has 0 saturated heterocycles. The van der Waals surface area contributed by atoms with E-state index >= 15 is 0 Å². The van der Waals surface area contributed by atoms with E-state index in [0.29, 0.717) is 6.54 Å². The van der Waals surface area contributed by atoms with Crippen LogP contribution in [0.5, 0.6) is 5.75 Å². The second-order valence-corrected chi connectivity index (χ2v) is 4.32. The van der Waals surface area contributed by atoms with Crippen LogP contribution in [-0.2, 0) is 6.54 Å². The number of nitrogens with two attached hydrogens (primary N) is 1. The van der Waals surface area contributed by atoms with E-state index in [1.54, 1.807) is 7.11 Å². The number of nitrogens with zero attached hydrogens (tertiary/aromatic N) is 2. The predicted molar refractivity (Wildman–Crippen MR) is 69.6 cm³/mol. The summed E-state index contributed by atoms with van der Waals surface area (Å²) in [6, 6.07) is 9.56. The highest BCUT2D eigenvalue weighted by Gasteiger charge is 2.05. The third-order valence-corrected chi connectivity index (χ3v) is 3.00. The predicted octanol–water partition coefficient (Wildman–Crippen LogP) is 2.37. The minimum atomic E-state index is 0.402. The van der Waals surface area contributed by atoms with E-state index in [2.05, 4.69) is 26.1 Å². The SMILES string of the molecule is COc1ccc(-c2ccc(CN)nn2)cc1Br. The number of benzene rings is 1. The zero-order chi connectivity index (χ0) is 12.3. The normalized spacial score (nSPS) is 10.3. The third kappa shape index (κ3) is 2.62. The van der Waals surface area contributed by atoms with Crippen molar-refractivity contribution < 1.29 is 4.74 Å². The lowest BCUT2D eigenvalue weighted by Gasteiger charge is -2.05. The van der Waals surface area contributed by atoms with Crippen molar-refractivity contribution in [2.24, 2.45) is 5.73 Å². The maximum absolute atomic E-state index is 5.47. The fourth-order valence-electron chi connectivity index (χ4n) is 1.45. The van der Waals surface area contributed by atoms with Gasteiger partial charge in [0, 0.05) is 12.1 Å². The Balaban J connectivity index is 2.35. The molecular weight excluding hydrogens is 282 g/mol. The molecule has 88 valence electrons. The molecule has 1 heterocycles. The van der Waals surface area contributed by atoms with E-state index in [1.807, 2.05) is 30.3 Å². The molecule has 1 aromatic heterocycles. The quantitative estimate of drug-likeness (QED) is 0.944. The van der Waals surface area contributed by atoms with Gasteiger partial charge in [0.15, 0.2) is 0 Å². The van der Waals surface area contributed by atoms with Crippen molar-refractivity contribution in [3.63, 3.8) is 0 Å². The van der Waals surface area contributed by atoms with Crippen molar-refractivity contribution in [3.05, 3.63) is 40.5 Å². The molecular formula is C12H12BrN3O. The van der Waals surface area contributed by atoms with Crippen LogP contribution in [0.3, 0.4) is 0 Å². The molecule has 0 fully saturated rings. The van der Waals surface area contributed by atoms with E-state index in [9.17, 15) is 0 Å². The highest BCUT2D eigenvalue weighted by molar-refractivity contribution is 9.10. The van der Waals surface area contributed by atoms with E-state index < -0.39 is 0 Å². The van der Waals surface area contributed by atoms with Crippen molar-refractivity contribution in [3.8, 4) is 17.0 Å². The van der Waals surface area contributed by atoms with Crippen LogP contribution in [-0.4, -0.2) is 17.3 Å². The van der Waals surface area contributed by atoms with Crippen LogP contribution >= 0.6 is 15.9 Å². The average Bonchev–Trinajstić information content (AvgIpc) is 2.39. The average molecular weight is 294 g/mol. The minimum absolute atomic E-state index is 0.402. The minimum Gasteiger partial charge on any atom is -0.496 e. The van der Waals surface area contributed by atoms with Crippen molar-refractivity contribution in [1.29, 1.82) is 0 Å². The first kappa shape index (κ1) is 12.0. The molecule has 0 aliphatic rings. The number of ether oxygens (including phenoxy) is 1. The third-order valence-electron chi connectivity index (χ3n) is 2.38. The van der Waals surface area contributed by atoms with Crippen LogP contribution in [0, 0.1) is 0 Å². The number of halogens is 1. The molecule has 0 radical (unpaired) electrons. The zero-order valence-corrected chi connectivity index (χ0v) is 10.9. The second-order valence-electron chi connectivity index (χ2n) is 3.46. The lowest BCUT2D eigenvalue weighted by molar-refractivity contribution is 0.412. The Morgan fingerprint density at radius 3 is 2.59 bits per heavy atom. The number of hydrogen-bond acceptors (Lipinski definition) is 4. The molecule has 0 aliphatic carbocycles. The van der Waals surface area contributed by atoms with Gasteiger partial charge in [-0.15, -0.1) is 0 Å². The standard InChI is InChI=1S/C12H12BrN3O/c1-17-12-5-2-8(6-10(12)13)11-4-3-9(7-14)15-16-11/h2-6H,7,14H2,1H3. The van der Waals surface area contributed by atoms with Gasteiger partial charge in [0.2, 0.25) is 0 Å². The second kappa shape index (κ2) is 5.25. The molecule has 1 aromatic carbocycles. The highest BCUT2D eigenvalue weighted by Crippen LogP contribution is 2.29. The molecule has 4 nitrogen and oxygen atoms in total. The van der Waals surface area contributed by atoms with Crippen molar-refractivity contribution in [1.82, 2.24) is 10.2 Å². The van der Waals surface area contributed by atoms with Gasteiger partial charge in [0.25, 0.3) is 0 Å². The number of hydrogen-bond donors (Lipinski definition) is 1. The summed E-state index contributed by atoms with van der Waals surface area (Å²) in [7, 11) is 1.63. The first-order valence-corrected chi connectivity index (χ1v) is 5.90. The first-order chi connectivity index (χ1) is 8.24. The van der Waals surface area contributed by atoms with Crippen LogP contribution in [0.1, 0.15) is 5.69 Å². The van der Waals surface area contributed by atoms with E-state index in [-0.39, 0.29) is 0 Å². The Hall–Kier alpha value is -1.46. The maximum Gasteiger partial charge on any atom is 0.133 e. The van der Waals surface area contributed by atoms with E-state index in [4.69, 9.17) is 10.5 Å². The van der Waals surface area contributed by atoms with Gasteiger partial charge in [0.1, 0.15) is 5.75 Å². The lowest BCUT2D eigenvalue weighted by atomic mass is 10.1. The van der Waals surface area contributed by atoms with E-state index in [1.165, 1.54) is 0 Å². The first-order valence-electron chi connectivity index (χ1n) is 5.11. The summed E-state index contributed by atoms with van der Waals surface area (Å²) in [5.74, 6) is 0.792. The van der Waals surface area contributed by atoms with Gasteiger partial charge < -0.3 is 10.5 Å². The van der Waals surface area contributed by atoms with Crippen molar-refractivity contribution in [2.75, 3.05) is 7.11 Å². The Morgan fingerprint density at radius 1 is 1.24 bits per heavy atom. The van der Waals surface area contributed by atoms with Gasteiger partial charge in [-0.2, -0.15) is 10.2 Å². The summed E-state index contributed by atoms with van der Waals surface area (Å²) >= 11 is 3.44. The summed E-state index contributed by atoms with van der Waals surface area (Å²) in [5, 5.41) is 8.15. The molecule has 0 aliphatic heterocycles. The highest BCUT2D eigenvalue weighted by atomic mass is 79.9. The summed E-state index contributed by atoms with van der Waals surface area (Å²) in [6.45, 7) is 0.402. The van der Waals surface area contributed by atoms with Crippen LogP contribution in [0.2, 0.25) is 0 Å². The van der Waals surface area contributed by atoms with Gasteiger partial charge in [-0.1, -0.05) is 0 Å². The van der Waals surface area contributed by atoms with Crippen LogP contribution in [0.4, 0.5) is 0 Å². The van der Waals surface area contributed by atoms with Crippen LogP contribution in [0.15, 0.2) is 34.8 Å². The monoisotopic (exact) mass is 293 g/mol. The van der Waals surface area contributed by atoms with Gasteiger partial charge in [0.05, 0.1) is 23.0 Å². The summed E-state index contributed by atoms with van der Waals surface area (Å²) in [5.41, 5.74) is 8.04. The van der Waals surface area contributed by atoms with Crippen LogP contribution < -0.4 is 10.5 Å². The molecule has 0 unspecified atom stereocenters. The molecule has 5 heteroatoms. The molecule has 2 rings (SSSR count). The topological polar surface area (TPSA) is 61.0 Å². The Morgan fingerprint density at radius 2 is 2.06 bits per heavy atom. The smallest absolute Gasteiger partial charge is 0.133 e. The van der Waals surface area contributed by atoms with Crippen molar-refractivity contribution >= 4 is 15.9 Å². The number of methoxy groups -OCH3 is 1. The molecule has 2 N–H and O–H groups in total. The fraction of sp³-hybridized carbons (Fsp3) is 0.167. The zero-order valence-electron chi connectivity index (χ0n) is 9.35. The fourth-order valence-corrected chi connectivity index (χ4v) is 1.99. The summed E-state index contributed by atoms with van der Waals surface area (Å²) in [6.07, 6.45) is 0.